The first-order valence-corrected chi connectivity index (χ1v) is 9.37. The second-order valence-electron chi connectivity index (χ2n) is 6.82. The highest BCUT2D eigenvalue weighted by Crippen LogP contribution is 2.29. The lowest BCUT2D eigenvalue weighted by molar-refractivity contribution is -0.119. The predicted molar refractivity (Wildman–Crippen MR) is 105 cm³/mol. The zero-order chi connectivity index (χ0) is 22.0. The monoisotopic (exact) mass is 427 g/mol. The summed E-state index contributed by atoms with van der Waals surface area (Å²) in [5, 5.41) is 15.3. The Kier molecular flexibility index (Phi) is 5.58. The maximum Gasteiger partial charge on any atom is 0.414 e. The smallest absolute Gasteiger partial charge is 0.414 e. The molecule has 160 valence electrons. The lowest BCUT2D eigenvalue weighted by Crippen LogP contribution is -2.33. The third kappa shape index (κ3) is 4.36. The summed E-state index contributed by atoms with van der Waals surface area (Å²) in [5.41, 5.74) is 1.58. The average molecular weight is 427 g/mol. The quantitative estimate of drug-likeness (QED) is 0.610. The number of rotatable bonds is 6. The number of nitrogens with zero attached hydrogens (tertiary/aromatic N) is 4. The summed E-state index contributed by atoms with van der Waals surface area (Å²) in [6, 6.07) is 7.68. The minimum absolute atomic E-state index is 0.0715. The molecule has 11 heteroatoms. The number of carbonyl (C=O) groups is 2. The number of anilines is 1. The number of halogens is 1. The Morgan fingerprint density at radius 3 is 2.84 bits per heavy atom. The average Bonchev–Trinajstić information content (AvgIpc) is 3.39. The zero-order valence-corrected chi connectivity index (χ0v) is 16.4. The molecule has 0 aliphatic carbocycles. The van der Waals surface area contributed by atoms with Crippen molar-refractivity contribution in [1.82, 2.24) is 20.4 Å². The van der Waals surface area contributed by atoms with E-state index in [2.05, 4.69) is 20.4 Å². The molecule has 2 aromatic heterocycles. The van der Waals surface area contributed by atoms with E-state index < -0.39 is 18.0 Å². The van der Waals surface area contributed by atoms with Crippen LogP contribution in [-0.2, 0) is 16.1 Å². The number of cyclic esters (lactones) is 1. The molecule has 3 aromatic rings. The van der Waals surface area contributed by atoms with Crippen LogP contribution in [0.4, 0.5) is 14.9 Å². The molecule has 2 N–H and O–H groups in total. The molecule has 0 radical (unpaired) electrons. The minimum Gasteiger partial charge on any atom is -0.442 e. The first-order chi connectivity index (χ1) is 14.9. The van der Waals surface area contributed by atoms with Crippen molar-refractivity contribution in [3.05, 3.63) is 48.2 Å². The van der Waals surface area contributed by atoms with Crippen LogP contribution in [-0.4, -0.2) is 51.4 Å². The van der Waals surface area contributed by atoms with E-state index in [1.54, 1.807) is 24.3 Å². The van der Waals surface area contributed by atoms with Crippen molar-refractivity contribution in [2.24, 2.45) is 0 Å². The van der Waals surface area contributed by atoms with Gasteiger partial charge in [0.25, 0.3) is 5.89 Å². The van der Waals surface area contributed by atoms with Gasteiger partial charge in [0.05, 0.1) is 18.8 Å². The number of aliphatic hydroxyl groups excluding tert-OH is 1. The van der Waals surface area contributed by atoms with Gasteiger partial charge in [-0.2, -0.15) is 4.98 Å². The van der Waals surface area contributed by atoms with Crippen LogP contribution >= 0.6 is 0 Å². The van der Waals surface area contributed by atoms with Gasteiger partial charge in [-0.1, -0.05) is 11.2 Å². The number of nitrogens with one attached hydrogen (secondary N) is 1. The second kappa shape index (κ2) is 8.48. The number of pyridine rings is 1. The van der Waals surface area contributed by atoms with E-state index in [0.717, 1.165) is 0 Å². The van der Waals surface area contributed by atoms with Crippen LogP contribution < -0.4 is 10.2 Å². The Labute approximate surface area is 175 Å². The molecule has 1 saturated heterocycles. The molecule has 1 fully saturated rings. The van der Waals surface area contributed by atoms with Gasteiger partial charge in [0, 0.05) is 24.2 Å². The first-order valence-electron chi connectivity index (χ1n) is 9.37. The van der Waals surface area contributed by atoms with Crippen LogP contribution in [0.2, 0.25) is 0 Å². The largest absolute Gasteiger partial charge is 0.442 e. The molecule has 0 saturated carbocycles. The van der Waals surface area contributed by atoms with Crippen LogP contribution in [0.25, 0.3) is 22.6 Å². The fourth-order valence-electron chi connectivity index (χ4n) is 3.11. The van der Waals surface area contributed by atoms with Gasteiger partial charge in [-0.3, -0.25) is 14.7 Å². The maximum atomic E-state index is 14.8. The van der Waals surface area contributed by atoms with Gasteiger partial charge < -0.3 is 19.7 Å². The molecule has 0 spiro atoms. The van der Waals surface area contributed by atoms with E-state index >= 15 is 0 Å². The Bertz CT molecular complexity index is 1120. The predicted octanol–water partition coefficient (Wildman–Crippen LogP) is 1.89. The van der Waals surface area contributed by atoms with Crippen LogP contribution in [0.3, 0.4) is 0 Å². The molecule has 4 rings (SSSR count). The molecule has 31 heavy (non-hydrogen) atoms. The van der Waals surface area contributed by atoms with Crippen LogP contribution in [0.5, 0.6) is 0 Å². The third-order valence-electron chi connectivity index (χ3n) is 4.62. The molecule has 1 aromatic carbocycles. The Balaban J connectivity index is 1.50. The Morgan fingerprint density at radius 2 is 2.19 bits per heavy atom. The number of hydrogen-bond donors (Lipinski definition) is 2. The van der Waals surface area contributed by atoms with Crippen molar-refractivity contribution in [2.75, 3.05) is 18.0 Å². The molecule has 0 unspecified atom stereocenters. The van der Waals surface area contributed by atoms with E-state index in [1.165, 1.54) is 24.1 Å². The lowest BCUT2D eigenvalue weighted by Gasteiger charge is -2.14. The number of carbonyl (C=O) groups excluding carboxylic acids is 2. The van der Waals surface area contributed by atoms with E-state index in [4.69, 9.17) is 14.4 Å². The van der Waals surface area contributed by atoms with Gasteiger partial charge in [0.1, 0.15) is 24.2 Å². The van der Waals surface area contributed by atoms with Crippen molar-refractivity contribution in [3.63, 3.8) is 0 Å². The SMILES string of the molecule is CC(=O)NC[C@H]1CN(c2ccc(-c3ccc(-c4noc(CO)n4)nc3)c(F)c2)C(=O)O1. The number of benzene rings is 1. The molecule has 10 nitrogen and oxygen atoms in total. The van der Waals surface area contributed by atoms with E-state index in [9.17, 15) is 14.0 Å². The standard InChI is InChI=1S/C20H18FN5O5/c1-11(28)22-8-14-9-26(20(29)30-14)13-3-4-15(16(21)6-13)12-2-5-17(23-7-12)19-24-18(10-27)31-25-19/h2-7,14,27H,8-10H2,1H3,(H,22,28)/t14-/m0/s1. The summed E-state index contributed by atoms with van der Waals surface area (Å²) in [6.07, 6.45) is 0.360. The third-order valence-corrected chi connectivity index (χ3v) is 4.62. The van der Waals surface area contributed by atoms with Gasteiger partial charge in [-0.25, -0.2) is 9.18 Å². The van der Waals surface area contributed by atoms with Gasteiger partial charge in [0.2, 0.25) is 11.7 Å². The van der Waals surface area contributed by atoms with Crippen LogP contribution in [0.1, 0.15) is 12.8 Å². The van der Waals surface area contributed by atoms with Gasteiger partial charge in [-0.15, -0.1) is 0 Å². The fraction of sp³-hybridized carbons (Fsp3) is 0.250. The number of aliphatic hydroxyl groups is 1. The molecule has 3 heterocycles. The van der Waals surface area contributed by atoms with Crippen molar-refractivity contribution in [1.29, 1.82) is 0 Å². The zero-order valence-electron chi connectivity index (χ0n) is 16.4. The van der Waals surface area contributed by atoms with E-state index in [1.807, 2.05) is 0 Å². The first kappa shape index (κ1) is 20.4. The molecule has 1 aliphatic rings. The minimum atomic E-state index is -0.601. The van der Waals surface area contributed by atoms with Gasteiger partial charge in [0.15, 0.2) is 0 Å². The molecule has 1 atom stereocenters. The van der Waals surface area contributed by atoms with E-state index in [-0.39, 0.29) is 37.3 Å². The maximum absolute atomic E-state index is 14.8. The topological polar surface area (TPSA) is 131 Å². The summed E-state index contributed by atoms with van der Waals surface area (Å²) >= 11 is 0. The van der Waals surface area contributed by atoms with Gasteiger partial charge in [-0.05, 0) is 24.3 Å². The summed E-state index contributed by atoms with van der Waals surface area (Å²) < 4.78 is 24.8. The lowest BCUT2D eigenvalue weighted by atomic mass is 10.1. The number of ether oxygens (including phenoxy) is 1. The van der Waals surface area contributed by atoms with Crippen molar-refractivity contribution in [2.45, 2.75) is 19.6 Å². The molecule has 1 aliphatic heterocycles. The van der Waals surface area contributed by atoms with Gasteiger partial charge >= 0.3 is 6.09 Å². The molecule has 2 amide bonds. The van der Waals surface area contributed by atoms with E-state index in [0.29, 0.717) is 22.5 Å². The Hall–Kier alpha value is -3.86. The molecular formula is C20H18FN5O5. The second-order valence-corrected chi connectivity index (χ2v) is 6.82. The fourth-order valence-corrected chi connectivity index (χ4v) is 3.11. The highest BCUT2D eigenvalue weighted by atomic mass is 19.1. The summed E-state index contributed by atoms with van der Waals surface area (Å²) in [4.78, 5) is 32.6. The van der Waals surface area contributed by atoms with Crippen molar-refractivity contribution in [3.8, 4) is 22.6 Å². The van der Waals surface area contributed by atoms with Crippen LogP contribution in [0, 0.1) is 5.82 Å². The Morgan fingerprint density at radius 1 is 1.35 bits per heavy atom. The number of amides is 2. The van der Waals surface area contributed by atoms with Crippen molar-refractivity contribution < 1.29 is 28.3 Å². The van der Waals surface area contributed by atoms with Crippen molar-refractivity contribution >= 4 is 17.7 Å². The molecule has 0 bridgehead atoms. The highest BCUT2D eigenvalue weighted by molar-refractivity contribution is 5.90. The van der Waals surface area contributed by atoms with Crippen LogP contribution in [0.15, 0.2) is 41.1 Å². The number of hydrogen-bond acceptors (Lipinski definition) is 8. The molecular weight excluding hydrogens is 409 g/mol. The summed E-state index contributed by atoms with van der Waals surface area (Å²) in [6.45, 7) is 1.39. The highest BCUT2D eigenvalue weighted by Gasteiger charge is 2.32. The normalized spacial score (nSPS) is 15.8. The summed E-state index contributed by atoms with van der Waals surface area (Å²) in [7, 11) is 0. The summed E-state index contributed by atoms with van der Waals surface area (Å²) in [5.74, 6) is -0.472. The number of aromatic nitrogens is 3.